The zero-order chi connectivity index (χ0) is 22.6. The quantitative estimate of drug-likeness (QED) is 0.530. The highest BCUT2D eigenvalue weighted by Gasteiger charge is 2.49. The van der Waals surface area contributed by atoms with E-state index in [2.05, 4.69) is 20.9 Å². The summed E-state index contributed by atoms with van der Waals surface area (Å²) in [6.45, 7) is 1.61. The lowest BCUT2D eigenvalue weighted by Crippen LogP contribution is -2.50. The molecular formula is C22H19ClF2N4O2S. The summed E-state index contributed by atoms with van der Waals surface area (Å²) in [6, 6.07) is 6.21. The Kier molecular flexibility index (Phi) is 5.05. The summed E-state index contributed by atoms with van der Waals surface area (Å²) in [4.78, 5) is 29.8. The third-order valence-electron chi connectivity index (χ3n) is 5.94. The number of nitrogens with one attached hydrogen (secondary N) is 3. The molecule has 2 aliphatic rings. The fraction of sp³-hybridized carbons (Fsp3) is 0.318. The van der Waals surface area contributed by atoms with Crippen molar-refractivity contribution in [3.63, 3.8) is 0 Å². The molecule has 1 aliphatic carbocycles. The Morgan fingerprint density at radius 2 is 2.00 bits per heavy atom. The maximum atomic E-state index is 14.5. The van der Waals surface area contributed by atoms with E-state index in [1.165, 1.54) is 23.5 Å². The molecule has 32 heavy (non-hydrogen) atoms. The molecule has 1 saturated carbocycles. The van der Waals surface area contributed by atoms with E-state index in [-0.39, 0.29) is 12.1 Å². The zero-order valence-electron chi connectivity index (χ0n) is 17.0. The van der Waals surface area contributed by atoms with Crippen LogP contribution in [0.5, 0.6) is 0 Å². The van der Waals surface area contributed by atoms with Crippen LogP contribution in [-0.4, -0.2) is 29.5 Å². The van der Waals surface area contributed by atoms with Crippen molar-refractivity contribution in [3.05, 3.63) is 63.1 Å². The number of amides is 3. The summed E-state index contributed by atoms with van der Waals surface area (Å²) in [5.41, 5.74) is 0.352. The molecule has 0 radical (unpaired) electrons. The molecule has 2 fully saturated rings. The zero-order valence-corrected chi connectivity index (χ0v) is 18.5. The van der Waals surface area contributed by atoms with E-state index in [0.29, 0.717) is 23.4 Å². The SMILES string of the molecule is Cc1cc(F)c([C@@H]2CNC(=O)[C@H]2NC(=O)NC2(c3nc4cccc(Cl)c4s3)CC2)c(F)c1. The van der Waals surface area contributed by atoms with E-state index in [9.17, 15) is 18.4 Å². The number of carbonyl (C=O) groups is 2. The molecule has 1 saturated heterocycles. The first-order valence-corrected chi connectivity index (χ1v) is 11.3. The highest BCUT2D eigenvalue weighted by Crippen LogP contribution is 2.48. The fourth-order valence-electron chi connectivity index (χ4n) is 4.15. The van der Waals surface area contributed by atoms with Gasteiger partial charge in [-0.05, 0) is 49.6 Å². The van der Waals surface area contributed by atoms with Crippen molar-refractivity contribution in [2.24, 2.45) is 0 Å². The van der Waals surface area contributed by atoms with Crippen LogP contribution in [0.4, 0.5) is 13.6 Å². The topological polar surface area (TPSA) is 83.1 Å². The molecule has 0 bridgehead atoms. The first kappa shape index (κ1) is 21.1. The Morgan fingerprint density at radius 3 is 2.66 bits per heavy atom. The molecular weight excluding hydrogens is 458 g/mol. The normalized spacial score (nSPS) is 21.4. The van der Waals surface area contributed by atoms with E-state index in [0.717, 1.165) is 15.2 Å². The van der Waals surface area contributed by atoms with Gasteiger partial charge in [0.2, 0.25) is 5.91 Å². The van der Waals surface area contributed by atoms with Crippen LogP contribution >= 0.6 is 22.9 Å². The Morgan fingerprint density at radius 1 is 1.28 bits per heavy atom. The van der Waals surface area contributed by atoms with Crippen LogP contribution in [0.1, 0.15) is 34.9 Å². The van der Waals surface area contributed by atoms with Crippen LogP contribution in [0.3, 0.4) is 0 Å². The number of benzene rings is 2. The first-order chi connectivity index (χ1) is 15.3. The molecule has 2 aromatic carbocycles. The van der Waals surface area contributed by atoms with Gasteiger partial charge in [-0.15, -0.1) is 11.3 Å². The molecule has 1 aromatic heterocycles. The van der Waals surface area contributed by atoms with E-state index < -0.39 is 41.1 Å². The molecule has 1 aliphatic heterocycles. The number of aromatic nitrogens is 1. The molecule has 3 amide bonds. The number of urea groups is 1. The molecule has 5 rings (SSSR count). The number of halogens is 3. The lowest BCUT2D eigenvalue weighted by atomic mass is 9.92. The summed E-state index contributed by atoms with van der Waals surface area (Å²) in [6.07, 6.45) is 1.39. The first-order valence-electron chi connectivity index (χ1n) is 10.1. The average Bonchev–Trinajstić information content (AvgIpc) is 3.20. The van der Waals surface area contributed by atoms with Crippen LogP contribution in [-0.2, 0) is 10.3 Å². The van der Waals surface area contributed by atoms with Gasteiger partial charge in [0, 0.05) is 18.0 Å². The number of hydrogen-bond donors (Lipinski definition) is 3. The number of aryl methyl sites for hydroxylation is 1. The van der Waals surface area contributed by atoms with Crippen LogP contribution < -0.4 is 16.0 Å². The van der Waals surface area contributed by atoms with Gasteiger partial charge in [0.15, 0.2) is 0 Å². The monoisotopic (exact) mass is 476 g/mol. The fourth-order valence-corrected chi connectivity index (χ4v) is 5.61. The van der Waals surface area contributed by atoms with Gasteiger partial charge in [-0.1, -0.05) is 17.7 Å². The summed E-state index contributed by atoms with van der Waals surface area (Å²) in [7, 11) is 0. The van der Waals surface area contributed by atoms with Crippen molar-refractivity contribution in [2.75, 3.05) is 6.54 Å². The van der Waals surface area contributed by atoms with E-state index in [4.69, 9.17) is 11.6 Å². The molecule has 2 atom stereocenters. The summed E-state index contributed by atoms with van der Waals surface area (Å²) in [5.74, 6) is -2.81. The predicted octanol–water partition coefficient (Wildman–Crippen LogP) is 4.11. The Balaban J connectivity index is 1.36. The second kappa shape index (κ2) is 7.67. The van der Waals surface area contributed by atoms with E-state index >= 15 is 0 Å². The predicted molar refractivity (Wildman–Crippen MR) is 118 cm³/mol. The number of carbonyl (C=O) groups excluding carboxylic acids is 2. The molecule has 3 N–H and O–H groups in total. The van der Waals surface area contributed by atoms with Gasteiger partial charge in [-0.25, -0.2) is 18.6 Å². The van der Waals surface area contributed by atoms with E-state index in [1.807, 2.05) is 12.1 Å². The van der Waals surface area contributed by atoms with Crippen molar-refractivity contribution in [1.82, 2.24) is 20.9 Å². The van der Waals surface area contributed by atoms with Gasteiger partial charge in [-0.2, -0.15) is 0 Å². The second-order valence-corrected chi connectivity index (χ2v) is 9.67. The summed E-state index contributed by atoms with van der Waals surface area (Å²) >= 11 is 7.67. The maximum Gasteiger partial charge on any atom is 0.316 e. The Bertz CT molecular complexity index is 1240. The highest BCUT2D eigenvalue weighted by molar-refractivity contribution is 7.19. The van der Waals surface area contributed by atoms with Crippen LogP contribution in [0.15, 0.2) is 30.3 Å². The second-order valence-electron chi connectivity index (χ2n) is 8.26. The van der Waals surface area contributed by atoms with Crippen LogP contribution in [0.25, 0.3) is 10.2 Å². The molecule has 3 aromatic rings. The lowest BCUT2D eigenvalue weighted by Gasteiger charge is -2.22. The standard InChI is InChI=1S/C22H19ClF2N4O2S/c1-10-7-13(24)16(14(25)8-10)11-9-26-19(30)17(11)28-21(31)29-22(5-6-22)20-27-15-4-2-3-12(23)18(15)32-20/h2-4,7-8,11,17H,5-6,9H2,1H3,(H,26,30)(H2,28,29,31)/t11-,17-/m0/s1. The maximum absolute atomic E-state index is 14.5. The van der Waals surface area contributed by atoms with Gasteiger partial charge >= 0.3 is 6.03 Å². The highest BCUT2D eigenvalue weighted by atomic mass is 35.5. The van der Waals surface area contributed by atoms with Gasteiger partial charge in [0.05, 0.1) is 20.8 Å². The Labute approximate surface area is 191 Å². The molecule has 2 heterocycles. The minimum atomic E-state index is -1.10. The summed E-state index contributed by atoms with van der Waals surface area (Å²) < 4.78 is 29.9. The van der Waals surface area contributed by atoms with Gasteiger partial charge in [-0.3, -0.25) is 4.79 Å². The number of fused-ring (bicyclic) bond motifs is 1. The van der Waals surface area contributed by atoms with Crippen LogP contribution in [0, 0.1) is 18.6 Å². The number of hydrogen-bond acceptors (Lipinski definition) is 4. The van der Waals surface area contributed by atoms with Crippen molar-refractivity contribution >= 4 is 45.1 Å². The molecule has 0 spiro atoms. The molecule has 10 heteroatoms. The van der Waals surface area contributed by atoms with E-state index in [1.54, 1.807) is 13.0 Å². The average molecular weight is 477 g/mol. The molecule has 0 unspecified atom stereocenters. The molecule has 166 valence electrons. The number of rotatable bonds is 4. The minimum Gasteiger partial charge on any atom is -0.354 e. The smallest absolute Gasteiger partial charge is 0.316 e. The summed E-state index contributed by atoms with van der Waals surface area (Å²) in [5, 5.41) is 9.44. The van der Waals surface area contributed by atoms with Crippen molar-refractivity contribution in [3.8, 4) is 0 Å². The number of thiazole rings is 1. The molecule has 6 nitrogen and oxygen atoms in total. The third-order valence-corrected chi connectivity index (χ3v) is 7.68. The lowest BCUT2D eigenvalue weighted by molar-refractivity contribution is -0.120. The number of nitrogens with zero attached hydrogens (tertiary/aromatic N) is 1. The van der Waals surface area contributed by atoms with Crippen molar-refractivity contribution in [1.29, 1.82) is 0 Å². The largest absolute Gasteiger partial charge is 0.354 e. The van der Waals surface area contributed by atoms with Gasteiger partial charge < -0.3 is 16.0 Å². The van der Waals surface area contributed by atoms with Gasteiger partial charge in [0.25, 0.3) is 0 Å². The third kappa shape index (κ3) is 3.59. The van der Waals surface area contributed by atoms with Crippen molar-refractivity contribution in [2.45, 2.75) is 37.3 Å². The van der Waals surface area contributed by atoms with Crippen LogP contribution in [0.2, 0.25) is 5.02 Å². The Hall–Kier alpha value is -2.78. The minimum absolute atomic E-state index is 0.0300. The van der Waals surface area contributed by atoms with Crippen molar-refractivity contribution < 1.29 is 18.4 Å². The van der Waals surface area contributed by atoms with Gasteiger partial charge in [0.1, 0.15) is 22.7 Å².